The molecule has 0 spiro atoms. The Morgan fingerprint density at radius 1 is 1.13 bits per heavy atom. The van der Waals surface area contributed by atoms with Crippen LogP contribution in [0.2, 0.25) is 0 Å². The molecule has 0 saturated heterocycles. The first kappa shape index (κ1) is 15.3. The van der Waals surface area contributed by atoms with Crippen molar-refractivity contribution in [3.05, 3.63) is 51.3 Å². The van der Waals surface area contributed by atoms with Crippen molar-refractivity contribution in [1.29, 1.82) is 0 Å². The predicted molar refractivity (Wildman–Crippen MR) is 89.2 cm³/mol. The van der Waals surface area contributed by atoms with Gasteiger partial charge in [-0.05, 0) is 43.3 Å². The number of aryl methyl sites for hydroxylation is 1. The standard InChI is InChI=1S/C17H15NO4S/c1-10-4-6-12(23-10)9-13-17(19)22-16(18-13)11-5-7-14(20-2)15(8-11)21-3/h4-9H,1-3H3/b13-9+. The molecule has 0 saturated carbocycles. The molecule has 6 heteroatoms. The quantitative estimate of drug-likeness (QED) is 0.637. The lowest BCUT2D eigenvalue weighted by molar-refractivity contribution is -0.129. The average Bonchev–Trinajstić information content (AvgIpc) is 3.13. The van der Waals surface area contributed by atoms with Gasteiger partial charge in [0, 0.05) is 15.3 Å². The van der Waals surface area contributed by atoms with Crippen LogP contribution in [0.3, 0.4) is 0 Å². The molecular formula is C17H15NO4S. The molecule has 2 heterocycles. The maximum Gasteiger partial charge on any atom is 0.363 e. The van der Waals surface area contributed by atoms with Gasteiger partial charge in [-0.3, -0.25) is 0 Å². The number of methoxy groups -OCH3 is 2. The Kier molecular flexibility index (Phi) is 4.16. The van der Waals surface area contributed by atoms with Crippen molar-refractivity contribution in [3.8, 4) is 11.5 Å². The predicted octanol–water partition coefficient (Wildman–Crippen LogP) is 3.42. The number of ether oxygens (including phenoxy) is 3. The number of nitrogens with zero attached hydrogens (tertiary/aromatic N) is 1. The molecule has 0 bridgehead atoms. The fourth-order valence-electron chi connectivity index (χ4n) is 2.17. The third-order valence-electron chi connectivity index (χ3n) is 3.29. The number of carbonyl (C=O) groups excluding carboxylic acids is 1. The number of carbonyl (C=O) groups is 1. The van der Waals surface area contributed by atoms with E-state index in [9.17, 15) is 4.79 Å². The Balaban J connectivity index is 1.93. The minimum absolute atomic E-state index is 0.260. The average molecular weight is 329 g/mol. The van der Waals surface area contributed by atoms with Crippen molar-refractivity contribution >= 4 is 29.3 Å². The molecule has 0 amide bonds. The van der Waals surface area contributed by atoms with Gasteiger partial charge < -0.3 is 14.2 Å². The fraction of sp³-hybridized carbons (Fsp3) is 0.176. The summed E-state index contributed by atoms with van der Waals surface area (Å²) in [5.74, 6) is 0.956. The lowest BCUT2D eigenvalue weighted by Crippen LogP contribution is -2.05. The highest BCUT2D eigenvalue weighted by molar-refractivity contribution is 7.12. The van der Waals surface area contributed by atoms with E-state index in [1.54, 1.807) is 49.8 Å². The van der Waals surface area contributed by atoms with E-state index in [0.717, 1.165) is 4.88 Å². The molecule has 0 N–H and O–H groups in total. The fourth-order valence-corrected chi connectivity index (χ4v) is 2.98. The van der Waals surface area contributed by atoms with Crippen LogP contribution in [-0.4, -0.2) is 26.1 Å². The zero-order chi connectivity index (χ0) is 16.4. The molecule has 1 aliphatic heterocycles. The summed E-state index contributed by atoms with van der Waals surface area (Å²) >= 11 is 1.59. The minimum atomic E-state index is -0.458. The van der Waals surface area contributed by atoms with Gasteiger partial charge in [0.2, 0.25) is 5.90 Å². The number of hydrogen-bond donors (Lipinski definition) is 0. The molecule has 0 unspecified atom stereocenters. The Hall–Kier alpha value is -2.60. The number of rotatable bonds is 4. The van der Waals surface area contributed by atoms with E-state index >= 15 is 0 Å². The molecule has 0 aliphatic carbocycles. The molecule has 0 radical (unpaired) electrons. The van der Waals surface area contributed by atoms with E-state index in [0.29, 0.717) is 17.1 Å². The van der Waals surface area contributed by atoms with Crippen molar-refractivity contribution in [2.75, 3.05) is 14.2 Å². The van der Waals surface area contributed by atoms with Crippen LogP contribution in [0.25, 0.3) is 6.08 Å². The van der Waals surface area contributed by atoms with E-state index in [1.165, 1.54) is 4.88 Å². The summed E-state index contributed by atoms with van der Waals surface area (Å²) in [6, 6.07) is 9.18. The monoisotopic (exact) mass is 329 g/mol. The normalized spacial score (nSPS) is 15.5. The molecule has 1 aromatic carbocycles. The molecule has 2 aromatic rings. The summed E-state index contributed by atoms with van der Waals surface area (Å²) in [7, 11) is 3.11. The Labute approximate surface area is 137 Å². The van der Waals surface area contributed by atoms with Crippen LogP contribution < -0.4 is 9.47 Å². The van der Waals surface area contributed by atoms with Gasteiger partial charge in [0.05, 0.1) is 14.2 Å². The SMILES string of the molecule is COc1ccc(C2=N/C(=C/c3ccc(C)s3)C(=O)O2)cc1OC. The highest BCUT2D eigenvalue weighted by Gasteiger charge is 2.25. The van der Waals surface area contributed by atoms with Crippen molar-refractivity contribution in [3.63, 3.8) is 0 Å². The first-order chi connectivity index (χ1) is 11.1. The van der Waals surface area contributed by atoms with Gasteiger partial charge in [-0.15, -0.1) is 11.3 Å². The van der Waals surface area contributed by atoms with Crippen LogP contribution in [0, 0.1) is 6.92 Å². The number of benzene rings is 1. The third-order valence-corrected chi connectivity index (χ3v) is 4.24. The van der Waals surface area contributed by atoms with E-state index < -0.39 is 5.97 Å². The van der Waals surface area contributed by atoms with Gasteiger partial charge in [-0.1, -0.05) is 0 Å². The second kappa shape index (κ2) is 6.26. The number of hydrogen-bond acceptors (Lipinski definition) is 6. The Bertz CT molecular complexity index is 820. The zero-order valence-corrected chi connectivity index (χ0v) is 13.8. The Morgan fingerprint density at radius 3 is 2.57 bits per heavy atom. The van der Waals surface area contributed by atoms with Crippen LogP contribution in [0.15, 0.2) is 41.0 Å². The van der Waals surface area contributed by atoms with Crippen LogP contribution in [0.5, 0.6) is 11.5 Å². The topological polar surface area (TPSA) is 57.1 Å². The molecule has 1 aromatic heterocycles. The van der Waals surface area contributed by atoms with Crippen molar-refractivity contribution in [1.82, 2.24) is 0 Å². The summed E-state index contributed by atoms with van der Waals surface area (Å²) in [6.07, 6.45) is 1.73. The van der Waals surface area contributed by atoms with Crippen LogP contribution in [0.4, 0.5) is 0 Å². The molecule has 118 valence electrons. The summed E-state index contributed by atoms with van der Waals surface area (Å²) in [5.41, 5.74) is 0.943. The van der Waals surface area contributed by atoms with E-state index in [1.807, 2.05) is 19.1 Å². The van der Waals surface area contributed by atoms with Crippen LogP contribution in [-0.2, 0) is 9.53 Å². The first-order valence-electron chi connectivity index (χ1n) is 6.92. The minimum Gasteiger partial charge on any atom is -0.493 e. The molecule has 0 atom stereocenters. The van der Waals surface area contributed by atoms with Crippen molar-refractivity contribution in [2.45, 2.75) is 6.92 Å². The van der Waals surface area contributed by atoms with Gasteiger partial charge >= 0.3 is 5.97 Å². The van der Waals surface area contributed by atoms with Gasteiger partial charge in [-0.25, -0.2) is 9.79 Å². The second-order valence-corrected chi connectivity index (χ2v) is 6.17. The number of thiophene rings is 1. The molecule has 3 rings (SSSR count). The molecule has 0 fully saturated rings. The highest BCUT2D eigenvalue weighted by Crippen LogP contribution is 2.30. The first-order valence-corrected chi connectivity index (χ1v) is 7.74. The number of cyclic esters (lactones) is 1. The lowest BCUT2D eigenvalue weighted by Gasteiger charge is -2.08. The smallest absolute Gasteiger partial charge is 0.363 e. The van der Waals surface area contributed by atoms with Gasteiger partial charge in [0.15, 0.2) is 17.2 Å². The molecule has 23 heavy (non-hydrogen) atoms. The van der Waals surface area contributed by atoms with E-state index in [4.69, 9.17) is 14.2 Å². The highest BCUT2D eigenvalue weighted by atomic mass is 32.1. The Morgan fingerprint density at radius 2 is 1.91 bits per heavy atom. The van der Waals surface area contributed by atoms with Crippen molar-refractivity contribution in [2.24, 2.45) is 4.99 Å². The molecule has 5 nitrogen and oxygen atoms in total. The lowest BCUT2D eigenvalue weighted by atomic mass is 10.2. The number of aliphatic imine (C=N–C) groups is 1. The van der Waals surface area contributed by atoms with Crippen LogP contribution in [0.1, 0.15) is 15.3 Å². The van der Waals surface area contributed by atoms with Gasteiger partial charge in [0.25, 0.3) is 0 Å². The van der Waals surface area contributed by atoms with E-state index in [2.05, 4.69) is 4.99 Å². The van der Waals surface area contributed by atoms with E-state index in [-0.39, 0.29) is 11.6 Å². The molecular weight excluding hydrogens is 314 g/mol. The second-order valence-electron chi connectivity index (χ2n) is 4.85. The van der Waals surface area contributed by atoms with Crippen LogP contribution >= 0.6 is 11.3 Å². The number of esters is 1. The van der Waals surface area contributed by atoms with Gasteiger partial charge in [-0.2, -0.15) is 0 Å². The third kappa shape index (κ3) is 3.12. The summed E-state index contributed by atoms with van der Waals surface area (Å²) in [6.45, 7) is 2.01. The molecule has 1 aliphatic rings. The largest absolute Gasteiger partial charge is 0.493 e. The summed E-state index contributed by atoms with van der Waals surface area (Å²) < 4.78 is 15.7. The maximum atomic E-state index is 12.0. The van der Waals surface area contributed by atoms with Gasteiger partial charge in [0.1, 0.15) is 0 Å². The zero-order valence-electron chi connectivity index (χ0n) is 13.0. The summed E-state index contributed by atoms with van der Waals surface area (Å²) in [5, 5.41) is 0. The maximum absolute atomic E-state index is 12.0. The summed E-state index contributed by atoms with van der Waals surface area (Å²) in [4.78, 5) is 18.4. The van der Waals surface area contributed by atoms with Crippen molar-refractivity contribution < 1.29 is 19.0 Å².